The van der Waals surface area contributed by atoms with Crippen molar-refractivity contribution >= 4 is 5.69 Å². The fourth-order valence-corrected chi connectivity index (χ4v) is 1.07. The van der Waals surface area contributed by atoms with Crippen LogP contribution in [0.5, 0.6) is 0 Å². The second-order valence-corrected chi connectivity index (χ2v) is 3.28. The minimum absolute atomic E-state index is 0.508. The van der Waals surface area contributed by atoms with Gasteiger partial charge in [0.25, 0.3) is 6.54 Å². The Labute approximate surface area is 107 Å². The summed E-state index contributed by atoms with van der Waals surface area (Å²) in [4.78, 5) is 36.7. The van der Waals surface area contributed by atoms with Crippen LogP contribution >= 0.6 is 0 Å². The number of nitrogens with one attached hydrogen (secondary N) is 1. The van der Waals surface area contributed by atoms with E-state index in [9.17, 15) is 40.5 Å². The van der Waals surface area contributed by atoms with Gasteiger partial charge in [-0.15, -0.1) is 0 Å². The molecule has 0 radical (unpaired) electrons. The van der Waals surface area contributed by atoms with E-state index in [0.717, 1.165) is 12.4 Å². The van der Waals surface area contributed by atoms with E-state index in [1.807, 2.05) is 5.43 Å². The van der Waals surface area contributed by atoms with E-state index in [2.05, 4.69) is 5.10 Å². The second-order valence-electron chi connectivity index (χ2n) is 3.28. The van der Waals surface area contributed by atoms with Gasteiger partial charge in [-0.3, -0.25) is 45.9 Å². The molecule has 1 N–H and O–H groups in total. The van der Waals surface area contributed by atoms with Crippen LogP contribution in [0.15, 0.2) is 12.4 Å². The highest BCUT2D eigenvalue weighted by Gasteiger charge is 2.70. The average Bonchev–Trinajstić information content (AvgIpc) is 2.77. The molecule has 0 fully saturated rings. The molecule has 0 aliphatic heterocycles. The van der Waals surface area contributed by atoms with Gasteiger partial charge in [-0.05, 0) is 0 Å². The molecule has 0 bridgehead atoms. The van der Waals surface area contributed by atoms with Gasteiger partial charge in [0.05, 0.1) is 4.92 Å². The first-order valence-electron chi connectivity index (χ1n) is 4.58. The molecule has 20 heavy (non-hydrogen) atoms. The molecule has 15 nitrogen and oxygen atoms in total. The summed E-state index contributed by atoms with van der Waals surface area (Å²) in [6.07, 6.45) is 1.49. The minimum Gasteiger partial charge on any atom is -0.288 e. The minimum atomic E-state index is -3.72. The smallest absolute Gasteiger partial charge is 0.288 e. The molecular weight excluding hydrogens is 286 g/mol. The van der Waals surface area contributed by atoms with Gasteiger partial charge in [0.1, 0.15) is 12.4 Å². The molecule has 0 aromatic carbocycles. The second kappa shape index (κ2) is 5.08. The lowest BCUT2D eigenvalue weighted by atomic mass is 10.4. The van der Waals surface area contributed by atoms with Gasteiger partial charge in [-0.2, -0.15) is 9.89 Å². The van der Waals surface area contributed by atoms with Crippen LogP contribution in [0.25, 0.3) is 0 Å². The molecule has 0 amide bonds. The Morgan fingerprint density at radius 3 is 1.95 bits per heavy atom. The normalized spacial score (nSPS) is 10.8. The summed E-state index contributed by atoms with van der Waals surface area (Å²) in [6.45, 7) is -1.36. The highest BCUT2D eigenvalue weighted by atomic mass is 16.7. The molecule has 0 aliphatic rings. The van der Waals surface area contributed by atoms with Gasteiger partial charge in [0.15, 0.2) is 14.8 Å². The van der Waals surface area contributed by atoms with Gasteiger partial charge < -0.3 is 0 Å². The Balaban J connectivity index is 2.97. The Morgan fingerprint density at radius 1 is 1.10 bits per heavy atom. The van der Waals surface area contributed by atoms with Crippen molar-refractivity contribution in [2.75, 3.05) is 12.0 Å². The standard InChI is InChI=1S/C5H5N7O8/c13-9(14)4-1-6-8(2-4)7-3-5(10(15)16,11(17)18)12(19)20/h1-2,7H,3H2. The van der Waals surface area contributed by atoms with Crippen LogP contribution in [-0.4, -0.2) is 41.9 Å². The van der Waals surface area contributed by atoms with Crippen LogP contribution in [0.2, 0.25) is 0 Å². The maximum Gasteiger partial charge on any atom is 0.718 e. The van der Waals surface area contributed by atoms with Crippen LogP contribution in [0.1, 0.15) is 0 Å². The van der Waals surface area contributed by atoms with Crippen molar-refractivity contribution in [3.8, 4) is 0 Å². The predicted molar refractivity (Wildman–Crippen MR) is 56.8 cm³/mol. The highest BCUT2D eigenvalue weighted by Crippen LogP contribution is 2.12. The van der Waals surface area contributed by atoms with Crippen molar-refractivity contribution in [3.05, 3.63) is 52.9 Å². The van der Waals surface area contributed by atoms with Crippen molar-refractivity contribution in [1.82, 2.24) is 9.89 Å². The third-order valence-corrected chi connectivity index (χ3v) is 2.14. The molecule has 1 rings (SSSR count). The summed E-state index contributed by atoms with van der Waals surface area (Å²) in [5, 5.41) is 45.4. The third-order valence-electron chi connectivity index (χ3n) is 2.14. The lowest BCUT2D eigenvalue weighted by Crippen LogP contribution is -2.58. The predicted octanol–water partition coefficient (Wildman–Crippen LogP) is -1.18. The number of hydrogen-bond acceptors (Lipinski definition) is 10. The average molecular weight is 291 g/mol. The fourth-order valence-electron chi connectivity index (χ4n) is 1.07. The number of aromatic nitrogens is 2. The summed E-state index contributed by atoms with van der Waals surface area (Å²) < 4.78 is 0. The quantitative estimate of drug-likeness (QED) is 0.361. The van der Waals surface area contributed by atoms with E-state index in [4.69, 9.17) is 0 Å². The van der Waals surface area contributed by atoms with Gasteiger partial charge in [0.2, 0.25) is 0 Å². The van der Waals surface area contributed by atoms with E-state index in [1.54, 1.807) is 0 Å². The molecule has 108 valence electrons. The molecule has 0 atom stereocenters. The maximum absolute atomic E-state index is 10.6. The molecular formula is C5H5N7O8. The van der Waals surface area contributed by atoms with Crippen molar-refractivity contribution in [2.45, 2.75) is 5.79 Å². The number of rotatable bonds is 7. The Kier molecular flexibility index (Phi) is 3.73. The van der Waals surface area contributed by atoms with Gasteiger partial charge in [-0.1, -0.05) is 0 Å². The summed E-state index contributed by atoms with van der Waals surface area (Å²) in [7, 11) is 0. The molecule has 0 unspecified atom stereocenters. The molecule has 1 heterocycles. The number of hydrogen-bond donors (Lipinski definition) is 1. The van der Waals surface area contributed by atoms with E-state index < -0.39 is 37.7 Å². The van der Waals surface area contributed by atoms with Crippen LogP contribution < -0.4 is 5.43 Å². The van der Waals surface area contributed by atoms with Crippen molar-refractivity contribution in [1.29, 1.82) is 0 Å². The van der Waals surface area contributed by atoms with Gasteiger partial charge in [-0.25, -0.2) is 0 Å². The molecule has 0 saturated carbocycles. The topological polar surface area (TPSA) is 202 Å². The maximum atomic E-state index is 10.6. The fraction of sp³-hybridized carbons (Fsp3) is 0.400. The Hall–Kier alpha value is -3.39. The summed E-state index contributed by atoms with van der Waals surface area (Å²) >= 11 is 0. The molecule has 0 saturated heterocycles. The summed E-state index contributed by atoms with van der Waals surface area (Å²) in [5.74, 6) is -3.72. The van der Waals surface area contributed by atoms with Crippen LogP contribution in [0.3, 0.4) is 0 Å². The zero-order valence-corrected chi connectivity index (χ0v) is 9.31. The van der Waals surface area contributed by atoms with Crippen LogP contribution in [0, 0.1) is 40.5 Å². The van der Waals surface area contributed by atoms with Crippen LogP contribution in [0.4, 0.5) is 5.69 Å². The van der Waals surface area contributed by atoms with Gasteiger partial charge in [0, 0.05) is 0 Å². The monoisotopic (exact) mass is 291 g/mol. The highest BCUT2D eigenvalue weighted by molar-refractivity contribution is 5.21. The van der Waals surface area contributed by atoms with E-state index in [0.29, 0.717) is 4.79 Å². The number of nitrogens with zero attached hydrogens (tertiary/aromatic N) is 6. The van der Waals surface area contributed by atoms with Crippen molar-refractivity contribution < 1.29 is 19.7 Å². The largest absolute Gasteiger partial charge is 0.718 e. The van der Waals surface area contributed by atoms with Crippen LogP contribution in [-0.2, 0) is 0 Å². The Morgan fingerprint density at radius 2 is 1.60 bits per heavy atom. The zero-order valence-electron chi connectivity index (χ0n) is 9.31. The van der Waals surface area contributed by atoms with E-state index >= 15 is 0 Å². The molecule has 0 spiro atoms. The lowest BCUT2D eigenvalue weighted by Gasteiger charge is -2.10. The summed E-state index contributed by atoms with van der Waals surface area (Å²) in [6, 6.07) is 0. The SMILES string of the molecule is O=[N+]([O-])c1cnn(NCC([N+](=O)[O-])([N+](=O)[O-])[N+](=O)[O-])c1. The van der Waals surface area contributed by atoms with Crippen molar-refractivity contribution in [2.24, 2.45) is 0 Å². The van der Waals surface area contributed by atoms with Gasteiger partial charge >= 0.3 is 11.5 Å². The third kappa shape index (κ3) is 2.40. The van der Waals surface area contributed by atoms with Crippen molar-refractivity contribution in [3.63, 3.8) is 0 Å². The molecule has 0 aliphatic carbocycles. The number of nitro groups is 4. The molecule has 15 heteroatoms. The first-order chi connectivity index (χ1) is 9.21. The van der Waals surface area contributed by atoms with E-state index in [-0.39, 0.29) is 0 Å². The molecule has 1 aromatic heterocycles. The first-order valence-corrected chi connectivity index (χ1v) is 4.58. The summed E-state index contributed by atoms with van der Waals surface area (Å²) in [5.41, 5.74) is 1.37. The Bertz CT molecular complexity index is 543. The lowest BCUT2D eigenvalue weighted by molar-refractivity contribution is -0.965. The first kappa shape index (κ1) is 14.7. The van der Waals surface area contributed by atoms with E-state index in [1.165, 1.54) is 0 Å². The zero-order chi connectivity index (χ0) is 15.5. The molecule has 1 aromatic rings.